The molecule has 0 atom stereocenters. The third kappa shape index (κ3) is 2.05. The van der Waals surface area contributed by atoms with Crippen molar-refractivity contribution in [3.05, 3.63) is 11.5 Å². The lowest BCUT2D eigenvalue weighted by molar-refractivity contribution is -0.108. The van der Waals surface area contributed by atoms with Crippen molar-refractivity contribution in [2.75, 3.05) is 5.32 Å². The van der Waals surface area contributed by atoms with Gasteiger partial charge in [0.15, 0.2) is 5.76 Å². The molecule has 3 amide bonds. The third-order valence-corrected chi connectivity index (χ3v) is 1.46. The van der Waals surface area contributed by atoms with Crippen molar-refractivity contribution >= 4 is 18.1 Å². The van der Waals surface area contributed by atoms with Gasteiger partial charge in [0, 0.05) is 0 Å². The largest absolute Gasteiger partial charge is 0.359 e. The lowest BCUT2D eigenvalue weighted by Gasteiger charge is -2.00. The quantitative estimate of drug-likeness (QED) is 0.656. The van der Waals surface area contributed by atoms with Crippen LogP contribution in [0.15, 0.2) is 4.52 Å². The van der Waals surface area contributed by atoms with Crippen LogP contribution in [0.3, 0.4) is 0 Å². The van der Waals surface area contributed by atoms with Gasteiger partial charge in [-0.2, -0.15) is 0 Å². The molecule has 0 aliphatic heterocycles. The number of carbonyl (C=O) groups excluding carboxylic acids is 2. The van der Waals surface area contributed by atoms with Crippen LogP contribution < -0.4 is 10.6 Å². The van der Waals surface area contributed by atoms with Crippen molar-refractivity contribution in [1.82, 2.24) is 10.5 Å². The summed E-state index contributed by atoms with van der Waals surface area (Å²) in [7, 11) is 0. The van der Waals surface area contributed by atoms with E-state index in [1.807, 2.05) is 5.32 Å². The highest BCUT2D eigenvalue weighted by molar-refractivity contribution is 5.95. The number of hydrogen-bond donors (Lipinski definition) is 2. The van der Waals surface area contributed by atoms with Crippen molar-refractivity contribution in [3.63, 3.8) is 0 Å². The molecular weight excluding hydrogens is 174 g/mol. The monoisotopic (exact) mass is 183 g/mol. The minimum atomic E-state index is -0.607. The van der Waals surface area contributed by atoms with E-state index in [1.165, 1.54) is 0 Å². The normalized spacial score (nSPS) is 9.38. The fraction of sp³-hybridized carbons (Fsp3) is 0.286. The first-order valence-electron chi connectivity index (χ1n) is 3.59. The number of aromatic nitrogens is 1. The highest BCUT2D eigenvalue weighted by Gasteiger charge is 2.10. The van der Waals surface area contributed by atoms with Gasteiger partial charge in [-0.3, -0.25) is 10.1 Å². The molecule has 2 N–H and O–H groups in total. The zero-order valence-corrected chi connectivity index (χ0v) is 7.25. The van der Waals surface area contributed by atoms with Crippen molar-refractivity contribution in [3.8, 4) is 0 Å². The van der Waals surface area contributed by atoms with Crippen LogP contribution in [0.2, 0.25) is 0 Å². The first-order chi connectivity index (χ1) is 6.15. The number of aryl methyl sites for hydroxylation is 2. The Morgan fingerprint density at radius 3 is 2.69 bits per heavy atom. The van der Waals surface area contributed by atoms with Gasteiger partial charge in [0.2, 0.25) is 6.41 Å². The van der Waals surface area contributed by atoms with Gasteiger partial charge in [-0.1, -0.05) is 5.16 Å². The molecular formula is C7H9N3O3. The number of imide groups is 1. The number of amides is 3. The van der Waals surface area contributed by atoms with E-state index in [9.17, 15) is 9.59 Å². The Morgan fingerprint density at radius 1 is 1.54 bits per heavy atom. The van der Waals surface area contributed by atoms with Gasteiger partial charge in [0.05, 0.1) is 0 Å². The van der Waals surface area contributed by atoms with Crippen LogP contribution in [0.25, 0.3) is 0 Å². The van der Waals surface area contributed by atoms with Crippen LogP contribution in [-0.2, 0) is 4.79 Å². The molecule has 0 spiro atoms. The summed E-state index contributed by atoms with van der Waals surface area (Å²) < 4.78 is 4.79. The molecule has 6 nitrogen and oxygen atoms in total. The smallest absolute Gasteiger partial charge is 0.325 e. The second-order valence-electron chi connectivity index (χ2n) is 2.42. The predicted molar refractivity (Wildman–Crippen MR) is 44.2 cm³/mol. The van der Waals surface area contributed by atoms with Crippen molar-refractivity contribution in [2.24, 2.45) is 0 Å². The molecule has 0 unspecified atom stereocenters. The van der Waals surface area contributed by atoms with E-state index >= 15 is 0 Å². The maximum atomic E-state index is 10.9. The number of nitrogens with one attached hydrogen (secondary N) is 2. The molecule has 0 aliphatic carbocycles. The summed E-state index contributed by atoms with van der Waals surface area (Å²) in [6.45, 7) is 3.35. The van der Waals surface area contributed by atoms with Gasteiger partial charge in [-0.15, -0.1) is 0 Å². The SMILES string of the molecule is Cc1noc(C)c1NC(=O)NC=O. The molecule has 0 radical (unpaired) electrons. The first-order valence-corrected chi connectivity index (χ1v) is 3.59. The van der Waals surface area contributed by atoms with E-state index in [0.717, 1.165) is 0 Å². The molecule has 13 heavy (non-hydrogen) atoms. The van der Waals surface area contributed by atoms with Crippen molar-refractivity contribution < 1.29 is 14.1 Å². The van der Waals surface area contributed by atoms with Crippen LogP contribution >= 0.6 is 0 Å². The Hall–Kier alpha value is -1.85. The van der Waals surface area contributed by atoms with Crippen LogP contribution in [0.5, 0.6) is 0 Å². The van der Waals surface area contributed by atoms with Gasteiger partial charge in [-0.25, -0.2) is 4.79 Å². The minimum absolute atomic E-state index is 0.299. The Morgan fingerprint density at radius 2 is 2.23 bits per heavy atom. The molecule has 0 bridgehead atoms. The van der Waals surface area contributed by atoms with Gasteiger partial charge in [0.25, 0.3) is 0 Å². The van der Waals surface area contributed by atoms with Gasteiger partial charge in [-0.05, 0) is 13.8 Å². The first kappa shape index (κ1) is 9.24. The lowest BCUT2D eigenvalue weighted by Crippen LogP contribution is -2.27. The average Bonchev–Trinajstić information content (AvgIpc) is 2.36. The molecule has 1 aromatic rings. The fourth-order valence-electron chi connectivity index (χ4n) is 0.865. The van der Waals surface area contributed by atoms with Crippen molar-refractivity contribution in [1.29, 1.82) is 0 Å². The Balaban J connectivity index is 2.73. The second-order valence-corrected chi connectivity index (χ2v) is 2.42. The topological polar surface area (TPSA) is 84.2 Å². The molecule has 70 valence electrons. The summed E-state index contributed by atoms with van der Waals surface area (Å²) in [5.41, 5.74) is 1.05. The van der Waals surface area contributed by atoms with Crippen LogP contribution in [0, 0.1) is 13.8 Å². The van der Waals surface area contributed by atoms with E-state index in [2.05, 4.69) is 10.5 Å². The molecule has 1 rings (SSSR count). The molecule has 6 heteroatoms. The number of carbonyl (C=O) groups is 2. The highest BCUT2D eigenvalue weighted by atomic mass is 16.5. The predicted octanol–water partition coefficient (Wildman–Crippen LogP) is 0.569. The van der Waals surface area contributed by atoms with Crippen LogP contribution in [-0.4, -0.2) is 17.6 Å². The Bertz CT molecular complexity index is 312. The second kappa shape index (κ2) is 3.70. The molecule has 0 saturated carbocycles. The number of rotatable bonds is 2. The van der Waals surface area contributed by atoms with Gasteiger partial charge >= 0.3 is 6.03 Å². The molecule has 0 fully saturated rings. The van der Waals surface area contributed by atoms with E-state index in [1.54, 1.807) is 13.8 Å². The van der Waals surface area contributed by atoms with E-state index in [4.69, 9.17) is 4.52 Å². The summed E-state index contributed by atoms with van der Waals surface area (Å²) in [5.74, 6) is 0.499. The minimum Gasteiger partial charge on any atom is -0.359 e. The molecule has 0 aliphatic rings. The summed E-state index contributed by atoms with van der Waals surface area (Å²) in [6, 6.07) is -0.607. The Kier molecular flexibility index (Phi) is 2.63. The van der Waals surface area contributed by atoms with Gasteiger partial charge < -0.3 is 9.84 Å². The van der Waals surface area contributed by atoms with E-state index in [-0.39, 0.29) is 0 Å². The highest BCUT2D eigenvalue weighted by Crippen LogP contribution is 2.17. The standard InChI is InChI=1S/C7H9N3O3/c1-4-6(5(2)13-10-4)9-7(12)8-3-11/h3H,1-2H3,(H2,8,9,11,12). The molecule has 1 heterocycles. The summed E-state index contributed by atoms with van der Waals surface area (Å²) >= 11 is 0. The zero-order valence-electron chi connectivity index (χ0n) is 7.25. The van der Waals surface area contributed by atoms with Crippen LogP contribution in [0.4, 0.5) is 10.5 Å². The number of anilines is 1. The Labute approximate surface area is 74.3 Å². The fourth-order valence-corrected chi connectivity index (χ4v) is 0.865. The number of hydrogen-bond acceptors (Lipinski definition) is 4. The van der Waals surface area contributed by atoms with E-state index < -0.39 is 6.03 Å². The lowest BCUT2D eigenvalue weighted by atomic mass is 10.3. The summed E-state index contributed by atoms with van der Waals surface area (Å²) in [5, 5.41) is 7.98. The zero-order chi connectivity index (χ0) is 9.84. The average molecular weight is 183 g/mol. The van der Waals surface area contributed by atoms with E-state index in [0.29, 0.717) is 23.6 Å². The van der Waals surface area contributed by atoms with Crippen molar-refractivity contribution in [2.45, 2.75) is 13.8 Å². The molecule has 0 aromatic carbocycles. The summed E-state index contributed by atoms with van der Waals surface area (Å²) in [6.07, 6.45) is 0.299. The maximum absolute atomic E-state index is 10.9. The maximum Gasteiger partial charge on any atom is 0.325 e. The van der Waals surface area contributed by atoms with Crippen LogP contribution in [0.1, 0.15) is 11.5 Å². The number of nitrogens with zero attached hydrogens (tertiary/aromatic N) is 1. The van der Waals surface area contributed by atoms with Gasteiger partial charge in [0.1, 0.15) is 11.4 Å². The molecule has 1 aromatic heterocycles. The summed E-state index contributed by atoms with van der Waals surface area (Å²) in [4.78, 5) is 20.8. The number of urea groups is 1. The molecule has 0 saturated heterocycles. The third-order valence-electron chi connectivity index (χ3n) is 1.46.